The average molecular weight is 275 g/mol. The zero-order chi connectivity index (χ0) is 14.0. The van der Waals surface area contributed by atoms with Gasteiger partial charge in [0.1, 0.15) is 6.61 Å². The summed E-state index contributed by atoms with van der Waals surface area (Å²) in [6.45, 7) is 2.44. The van der Waals surface area contributed by atoms with Crippen LogP contribution in [0.25, 0.3) is 0 Å². The van der Waals surface area contributed by atoms with E-state index in [1.165, 1.54) is 6.42 Å². The molecule has 0 radical (unpaired) electrons. The fourth-order valence-corrected chi connectivity index (χ4v) is 2.77. The third-order valence-electron chi connectivity index (χ3n) is 4.19. The van der Waals surface area contributed by atoms with Crippen LogP contribution >= 0.6 is 0 Å². The lowest BCUT2D eigenvalue weighted by Gasteiger charge is -2.26. The highest BCUT2D eigenvalue weighted by Gasteiger charge is 2.47. The van der Waals surface area contributed by atoms with Gasteiger partial charge in [0, 0.05) is 25.8 Å². The first-order chi connectivity index (χ1) is 9.73. The molecular formula is C16H21NO3. The van der Waals surface area contributed by atoms with Crippen LogP contribution in [0.3, 0.4) is 0 Å². The minimum atomic E-state index is -0.532. The first kappa shape index (κ1) is 13.6. The van der Waals surface area contributed by atoms with E-state index >= 15 is 0 Å². The fourth-order valence-electron chi connectivity index (χ4n) is 2.77. The van der Waals surface area contributed by atoms with Crippen molar-refractivity contribution >= 4 is 5.91 Å². The SMILES string of the molecule is COC1(c2ccc(CC(=O)N3CCCCC3)cc2)CO1. The molecule has 1 unspecified atom stereocenters. The number of benzene rings is 1. The van der Waals surface area contributed by atoms with Gasteiger partial charge >= 0.3 is 0 Å². The Balaban J connectivity index is 1.61. The lowest BCUT2D eigenvalue weighted by atomic mass is 10.0. The first-order valence-electron chi connectivity index (χ1n) is 7.30. The Labute approximate surface area is 119 Å². The molecule has 0 aromatic heterocycles. The van der Waals surface area contributed by atoms with Crippen molar-refractivity contribution in [2.45, 2.75) is 31.5 Å². The monoisotopic (exact) mass is 275 g/mol. The van der Waals surface area contributed by atoms with E-state index in [9.17, 15) is 4.79 Å². The fraction of sp³-hybridized carbons (Fsp3) is 0.562. The summed E-state index contributed by atoms with van der Waals surface area (Å²) in [4.78, 5) is 14.2. The van der Waals surface area contributed by atoms with Gasteiger partial charge in [-0.3, -0.25) is 4.79 Å². The van der Waals surface area contributed by atoms with E-state index < -0.39 is 5.79 Å². The van der Waals surface area contributed by atoms with Crippen LogP contribution < -0.4 is 0 Å². The Morgan fingerprint density at radius 2 is 1.90 bits per heavy atom. The van der Waals surface area contributed by atoms with E-state index in [1.54, 1.807) is 7.11 Å². The van der Waals surface area contributed by atoms with Crippen LogP contribution in [0.15, 0.2) is 24.3 Å². The average Bonchev–Trinajstić information content (AvgIpc) is 3.30. The molecule has 0 spiro atoms. The molecule has 0 aliphatic carbocycles. The summed E-state index contributed by atoms with van der Waals surface area (Å²) in [7, 11) is 1.65. The maximum absolute atomic E-state index is 12.2. The van der Waals surface area contributed by atoms with Gasteiger partial charge in [-0.2, -0.15) is 0 Å². The number of ether oxygens (including phenoxy) is 2. The molecule has 0 bridgehead atoms. The second-order valence-corrected chi connectivity index (χ2v) is 5.56. The van der Waals surface area contributed by atoms with E-state index in [-0.39, 0.29) is 5.91 Å². The number of rotatable bonds is 4. The molecule has 108 valence electrons. The number of carbonyl (C=O) groups is 1. The minimum Gasteiger partial charge on any atom is -0.347 e. The molecule has 20 heavy (non-hydrogen) atoms. The van der Waals surface area contributed by atoms with Crippen LogP contribution in [0.1, 0.15) is 30.4 Å². The lowest BCUT2D eigenvalue weighted by Crippen LogP contribution is -2.36. The topological polar surface area (TPSA) is 42.1 Å². The van der Waals surface area contributed by atoms with E-state index in [2.05, 4.69) is 0 Å². The Hall–Kier alpha value is -1.39. The third-order valence-corrected chi connectivity index (χ3v) is 4.19. The maximum Gasteiger partial charge on any atom is 0.226 e. The van der Waals surface area contributed by atoms with Gasteiger partial charge < -0.3 is 14.4 Å². The summed E-state index contributed by atoms with van der Waals surface area (Å²) in [5, 5.41) is 0. The van der Waals surface area contributed by atoms with Crippen LogP contribution in [0, 0.1) is 0 Å². The summed E-state index contributed by atoms with van der Waals surface area (Å²) < 4.78 is 10.7. The third kappa shape index (κ3) is 2.72. The Morgan fingerprint density at radius 1 is 1.25 bits per heavy atom. The predicted molar refractivity (Wildman–Crippen MR) is 75.2 cm³/mol. The van der Waals surface area contributed by atoms with Gasteiger partial charge in [-0.1, -0.05) is 24.3 Å². The molecular weight excluding hydrogens is 254 g/mol. The Kier molecular flexibility index (Phi) is 3.76. The zero-order valence-electron chi connectivity index (χ0n) is 11.9. The number of carbonyl (C=O) groups excluding carboxylic acids is 1. The number of epoxide rings is 1. The van der Waals surface area contributed by atoms with Crippen LogP contribution in [0.5, 0.6) is 0 Å². The summed E-state index contributed by atoms with van der Waals surface area (Å²) in [5.74, 6) is -0.295. The van der Waals surface area contributed by atoms with Crippen molar-refractivity contribution in [2.75, 3.05) is 26.8 Å². The molecule has 2 fully saturated rings. The van der Waals surface area contributed by atoms with Gasteiger partial charge in [0.2, 0.25) is 11.7 Å². The van der Waals surface area contributed by atoms with Crippen LogP contribution in [0.4, 0.5) is 0 Å². The standard InChI is InChI=1S/C16H21NO3/c1-19-16(12-20-16)14-7-5-13(6-8-14)11-15(18)17-9-3-2-4-10-17/h5-8H,2-4,9-12H2,1H3. The van der Waals surface area contributed by atoms with Crippen molar-refractivity contribution in [3.05, 3.63) is 35.4 Å². The summed E-state index contributed by atoms with van der Waals surface area (Å²) in [6, 6.07) is 7.99. The zero-order valence-corrected chi connectivity index (χ0v) is 11.9. The highest BCUT2D eigenvalue weighted by Crippen LogP contribution is 2.39. The van der Waals surface area contributed by atoms with Crippen molar-refractivity contribution in [3.8, 4) is 0 Å². The van der Waals surface area contributed by atoms with Gasteiger partial charge in [0.25, 0.3) is 0 Å². The molecule has 1 atom stereocenters. The van der Waals surface area contributed by atoms with Crippen LogP contribution in [0.2, 0.25) is 0 Å². The first-order valence-corrected chi connectivity index (χ1v) is 7.30. The number of piperidine rings is 1. The van der Waals surface area contributed by atoms with Crippen molar-refractivity contribution in [1.82, 2.24) is 4.90 Å². The molecule has 2 aliphatic rings. The number of methoxy groups -OCH3 is 1. The molecule has 0 saturated carbocycles. The second-order valence-electron chi connectivity index (χ2n) is 5.56. The van der Waals surface area contributed by atoms with Crippen molar-refractivity contribution in [3.63, 3.8) is 0 Å². The molecule has 0 N–H and O–H groups in total. The van der Waals surface area contributed by atoms with E-state index in [0.717, 1.165) is 37.1 Å². The molecule has 1 amide bonds. The molecule has 1 aromatic carbocycles. The smallest absolute Gasteiger partial charge is 0.226 e. The Morgan fingerprint density at radius 3 is 2.45 bits per heavy atom. The van der Waals surface area contributed by atoms with Gasteiger partial charge in [-0.15, -0.1) is 0 Å². The molecule has 2 saturated heterocycles. The van der Waals surface area contributed by atoms with E-state index in [4.69, 9.17) is 9.47 Å². The van der Waals surface area contributed by atoms with Crippen molar-refractivity contribution in [1.29, 1.82) is 0 Å². The highest BCUT2D eigenvalue weighted by atomic mass is 16.8. The summed E-state index contributed by atoms with van der Waals surface area (Å²) in [6.07, 6.45) is 4.01. The normalized spacial score (nSPS) is 25.6. The summed E-state index contributed by atoms with van der Waals surface area (Å²) in [5.41, 5.74) is 2.07. The van der Waals surface area contributed by atoms with Gasteiger partial charge in [0.15, 0.2) is 0 Å². The molecule has 2 aliphatic heterocycles. The van der Waals surface area contributed by atoms with Gasteiger partial charge in [0.05, 0.1) is 6.42 Å². The van der Waals surface area contributed by atoms with Gasteiger partial charge in [-0.25, -0.2) is 0 Å². The molecule has 2 heterocycles. The van der Waals surface area contributed by atoms with E-state index in [0.29, 0.717) is 13.0 Å². The maximum atomic E-state index is 12.2. The minimum absolute atomic E-state index is 0.238. The lowest BCUT2D eigenvalue weighted by molar-refractivity contribution is -0.131. The largest absolute Gasteiger partial charge is 0.347 e. The van der Waals surface area contributed by atoms with Crippen LogP contribution in [-0.2, 0) is 26.5 Å². The van der Waals surface area contributed by atoms with Crippen LogP contribution in [-0.4, -0.2) is 37.6 Å². The molecule has 4 nitrogen and oxygen atoms in total. The van der Waals surface area contributed by atoms with Gasteiger partial charge in [-0.05, 0) is 24.8 Å². The quantitative estimate of drug-likeness (QED) is 0.790. The second kappa shape index (κ2) is 5.54. The number of likely N-dealkylation sites (tertiary alicyclic amines) is 1. The number of hydrogen-bond acceptors (Lipinski definition) is 3. The predicted octanol–water partition coefficient (Wildman–Crippen LogP) is 2.07. The van der Waals surface area contributed by atoms with Crippen molar-refractivity contribution < 1.29 is 14.3 Å². The summed E-state index contributed by atoms with van der Waals surface area (Å²) >= 11 is 0. The molecule has 4 heteroatoms. The number of hydrogen-bond donors (Lipinski definition) is 0. The number of amides is 1. The van der Waals surface area contributed by atoms with E-state index in [1.807, 2.05) is 29.2 Å². The molecule has 1 aromatic rings. The Bertz CT molecular complexity index is 473. The van der Waals surface area contributed by atoms with Crippen molar-refractivity contribution in [2.24, 2.45) is 0 Å². The highest BCUT2D eigenvalue weighted by molar-refractivity contribution is 5.78. The number of nitrogens with zero attached hydrogens (tertiary/aromatic N) is 1. The molecule has 3 rings (SSSR count).